The standard InChI is InChI=1S/C16H20N2O4S/c1-10-7-13(10)16(22)18-12-4-2-3-11(8-12)15(21)17-5-6-23-9-14(19)20/h2-4,8,10,13H,5-7,9H2,1H3,(H,17,21)(H,18,22)(H,19,20). The van der Waals surface area contributed by atoms with Gasteiger partial charge in [-0.05, 0) is 30.5 Å². The lowest BCUT2D eigenvalue weighted by molar-refractivity contribution is -0.133. The van der Waals surface area contributed by atoms with E-state index in [1.54, 1.807) is 24.3 Å². The van der Waals surface area contributed by atoms with E-state index in [1.807, 2.05) is 6.92 Å². The number of hydrogen-bond donors (Lipinski definition) is 3. The topological polar surface area (TPSA) is 95.5 Å². The predicted molar refractivity (Wildman–Crippen MR) is 89.6 cm³/mol. The number of carbonyl (C=O) groups is 3. The third-order valence-corrected chi connectivity index (χ3v) is 4.54. The van der Waals surface area contributed by atoms with Gasteiger partial charge in [-0.2, -0.15) is 0 Å². The second-order valence-corrected chi connectivity index (χ2v) is 6.70. The molecule has 1 aromatic carbocycles. The molecular formula is C16H20N2O4S. The second kappa shape index (κ2) is 8.01. The third-order valence-electron chi connectivity index (χ3n) is 3.60. The average molecular weight is 336 g/mol. The molecular weight excluding hydrogens is 316 g/mol. The van der Waals surface area contributed by atoms with Crippen molar-refractivity contribution < 1.29 is 19.5 Å². The fourth-order valence-corrected chi connectivity index (χ4v) is 2.72. The SMILES string of the molecule is CC1CC1C(=O)Nc1cccc(C(=O)NCCSCC(=O)O)c1. The Labute approximate surface area is 139 Å². The van der Waals surface area contributed by atoms with Crippen LogP contribution in [0.4, 0.5) is 5.69 Å². The van der Waals surface area contributed by atoms with Gasteiger partial charge in [0.2, 0.25) is 5.91 Å². The van der Waals surface area contributed by atoms with Crippen molar-refractivity contribution in [2.45, 2.75) is 13.3 Å². The number of hydrogen-bond acceptors (Lipinski definition) is 4. The molecule has 2 amide bonds. The molecule has 6 nitrogen and oxygen atoms in total. The number of rotatable bonds is 8. The van der Waals surface area contributed by atoms with E-state index in [4.69, 9.17) is 5.11 Å². The van der Waals surface area contributed by atoms with Gasteiger partial charge in [0.05, 0.1) is 5.75 Å². The summed E-state index contributed by atoms with van der Waals surface area (Å²) >= 11 is 1.25. The van der Waals surface area contributed by atoms with Gasteiger partial charge in [-0.1, -0.05) is 13.0 Å². The van der Waals surface area contributed by atoms with Gasteiger partial charge in [0, 0.05) is 29.5 Å². The number of carbonyl (C=O) groups excluding carboxylic acids is 2. The van der Waals surface area contributed by atoms with Crippen molar-refractivity contribution >= 4 is 35.2 Å². The minimum absolute atomic E-state index is 0.000119. The molecule has 0 aromatic heterocycles. The number of thioether (sulfide) groups is 1. The van der Waals surface area contributed by atoms with Crippen LogP contribution in [0.1, 0.15) is 23.7 Å². The van der Waals surface area contributed by atoms with E-state index < -0.39 is 5.97 Å². The van der Waals surface area contributed by atoms with E-state index in [2.05, 4.69) is 10.6 Å². The number of aliphatic carboxylic acids is 1. The molecule has 2 unspecified atom stereocenters. The summed E-state index contributed by atoms with van der Waals surface area (Å²) < 4.78 is 0. The molecule has 7 heteroatoms. The normalized spacial score (nSPS) is 19.0. The van der Waals surface area contributed by atoms with Crippen LogP contribution in [-0.2, 0) is 9.59 Å². The first-order valence-electron chi connectivity index (χ1n) is 7.46. The Bertz CT molecular complexity index is 605. The van der Waals surface area contributed by atoms with Crippen LogP contribution in [0.2, 0.25) is 0 Å². The number of carboxylic acid groups (broad SMARTS) is 1. The number of carboxylic acids is 1. The molecule has 1 fully saturated rings. The summed E-state index contributed by atoms with van der Waals surface area (Å²) in [5.74, 6) is -0.0272. The first kappa shape index (κ1) is 17.3. The van der Waals surface area contributed by atoms with Crippen molar-refractivity contribution in [2.24, 2.45) is 11.8 Å². The molecule has 0 radical (unpaired) electrons. The first-order chi connectivity index (χ1) is 11.0. The molecule has 1 aromatic rings. The Kier molecular flexibility index (Phi) is 6.04. The lowest BCUT2D eigenvalue weighted by Crippen LogP contribution is -2.26. The quantitative estimate of drug-likeness (QED) is 0.630. The van der Waals surface area contributed by atoms with Crippen molar-refractivity contribution in [3.8, 4) is 0 Å². The Hall–Kier alpha value is -2.02. The molecule has 124 valence electrons. The lowest BCUT2D eigenvalue weighted by Gasteiger charge is -2.08. The number of benzene rings is 1. The summed E-state index contributed by atoms with van der Waals surface area (Å²) in [6.07, 6.45) is 0.917. The highest BCUT2D eigenvalue weighted by Gasteiger charge is 2.39. The monoisotopic (exact) mass is 336 g/mol. The number of nitrogens with one attached hydrogen (secondary N) is 2. The molecule has 0 spiro atoms. The average Bonchev–Trinajstić information content (AvgIpc) is 3.24. The van der Waals surface area contributed by atoms with Crippen LogP contribution in [0.5, 0.6) is 0 Å². The molecule has 0 saturated heterocycles. The number of anilines is 1. The third kappa shape index (κ3) is 5.59. The van der Waals surface area contributed by atoms with Crippen molar-refractivity contribution in [1.29, 1.82) is 0 Å². The summed E-state index contributed by atoms with van der Waals surface area (Å²) in [4.78, 5) is 34.3. The molecule has 1 saturated carbocycles. The van der Waals surface area contributed by atoms with Gasteiger partial charge >= 0.3 is 5.97 Å². The molecule has 3 N–H and O–H groups in total. The van der Waals surface area contributed by atoms with E-state index in [1.165, 1.54) is 11.8 Å². The molecule has 1 aliphatic rings. The van der Waals surface area contributed by atoms with Gasteiger partial charge in [0.15, 0.2) is 0 Å². The Balaban J connectivity index is 1.80. The summed E-state index contributed by atoms with van der Waals surface area (Å²) in [6, 6.07) is 6.80. The van der Waals surface area contributed by atoms with E-state index in [-0.39, 0.29) is 23.5 Å². The Morgan fingerprint density at radius 2 is 2.09 bits per heavy atom. The Morgan fingerprint density at radius 1 is 1.35 bits per heavy atom. The summed E-state index contributed by atoms with van der Waals surface area (Å²) in [7, 11) is 0. The predicted octanol–water partition coefficient (Wildman–Crippen LogP) is 1.83. The van der Waals surface area contributed by atoms with Crippen LogP contribution in [0.15, 0.2) is 24.3 Å². The van der Waals surface area contributed by atoms with Crippen molar-refractivity contribution in [3.63, 3.8) is 0 Å². The molecule has 0 aliphatic heterocycles. The first-order valence-corrected chi connectivity index (χ1v) is 8.61. The van der Waals surface area contributed by atoms with Crippen molar-refractivity contribution in [3.05, 3.63) is 29.8 Å². The molecule has 0 heterocycles. The van der Waals surface area contributed by atoms with Crippen molar-refractivity contribution in [2.75, 3.05) is 23.4 Å². The molecule has 2 rings (SSSR count). The molecule has 0 bridgehead atoms. The fraction of sp³-hybridized carbons (Fsp3) is 0.438. The fourth-order valence-electron chi connectivity index (χ4n) is 2.16. The van der Waals surface area contributed by atoms with Gasteiger partial charge < -0.3 is 15.7 Å². The summed E-state index contributed by atoms with van der Waals surface area (Å²) in [5, 5.41) is 14.1. The van der Waals surface area contributed by atoms with Crippen molar-refractivity contribution in [1.82, 2.24) is 5.32 Å². The van der Waals surface area contributed by atoms with E-state index >= 15 is 0 Å². The molecule has 23 heavy (non-hydrogen) atoms. The smallest absolute Gasteiger partial charge is 0.313 e. The van der Waals surface area contributed by atoms with Crippen LogP contribution >= 0.6 is 11.8 Å². The minimum atomic E-state index is -0.866. The van der Waals surface area contributed by atoms with Crippen LogP contribution < -0.4 is 10.6 Å². The zero-order valence-electron chi connectivity index (χ0n) is 12.9. The van der Waals surface area contributed by atoms with E-state index in [9.17, 15) is 14.4 Å². The molecule has 1 aliphatic carbocycles. The maximum absolute atomic E-state index is 12.0. The van der Waals surface area contributed by atoms with E-state index in [0.717, 1.165) is 6.42 Å². The Morgan fingerprint density at radius 3 is 2.74 bits per heavy atom. The maximum atomic E-state index is 12.0. The lowest BCUT2D eigenvalue weighted by atomic mass is 10.2. The van der Waals surface area contributed by atoms with Crippen LogP contribution in [0, 0.1) is 11.8 Å². The highest BCUT2D eigenvalue weighted by molar-refractivity contribution is 7.99. The largest absolute Gasteiger partial charge is 0.481 e. The van der Waals surface area contributed by atoms with Crippen LogP contribution in [0.3, 0.4) is 0 Å². The van der Waals surface area contributed by atoms with Crippen LogP contribution in [-0.4, -0.2) is 40.9 Å². The summed E-state index contributed by atoms with van der Waals surface area (Å²) in [6.45, 7) is 2.43. The summed E-state index contributed by atoms with van der Waals surface area (Å²) in [5.41, 5.74) is 1.08. The second-order valence-electron chi connectivity index (χ2n) is 5.59. The highest BCUT2D eigenvalue weighted by Crippen LogP contribution is 2.38. The maximum Gasteiger partial charge on any atom is 0.313 e. The van der Waals surface area contributed by atoms with Gasteiger partial charge in [-0.15, -0.1) is 11.8 Å². The van der Waals surface area contributed by atoms with Gasteiger partial charge in [0.1, 0.15) is 0 Å². The van der Waals surface area contributed by atoms with Gasteiger partial charge in [-0.25, -0.2) is 0 Å². The van der Waals surface area contributed by atoms with E-state index in [0.29, 0.717) is 29.5 Å². The van der Waals surface area contributed by atoms with Crippen LogP contribution in [0.25, 0.3) is 0 Å². The number of amides is 2. The highest BCUT2D eigenvalue weighted by atomic mass is 32.2. The zero-order chi connectivity index (χ0) is 16.8. The zero-order valence-corrected chi connectivity index (χ0v) is 13.7. The molecule has 2 atom stereocenters. The minimum Gasteiger partial charge on any atom is -0.481 e. The van der Waals surface area contributed by atoms with Gasteiger partial charge in [-0.3, -0.25) is 14.4 Å². The van der Waals surface area contributed by atoms with Gasteiger partial charge in [0.25, 0.3) is 5.91 Å².